The molecule has 15 heavy (non-hydrogen) atoms. The van der Waals surface area contributed by atoms with Crippen LogP contribution in [0.15, 0.2) is 0 Å². The second-order valence-corrected chi connectivity index (χ2v) is 3.95. The molecule has 0 aromatic heterocycles. The molecule has 0 aromatic carbocycles. The van der Waals surface area contributed by atoms with Crippen molar-refractivity contribution in [2.75, 3.05) is 13.2 Å². The van der Waals surface area contributed by atoms with Crippen LogP contribution in [-0.2, 0) is 14.3 Å². The average Bonchev–Trinajstić information content (AvgIpc) is 2.13. The maximum atomic E-state index is 11.6. The summed E-state index contributed by atoms with van der Waals surface area (Å²) in [5.41, 5.74) is 9.87. The third-order valence-electron chi connectivity index (χ3n) is 2.26. The van der Waals surface area contributed by atoms with E-state index in [0.717, 1.165) is 0 Å². The number of ether oxygens (including phenoxy) is 2. The van der Waals surface area contributed by atoms with Crippen molar-refractivity contribution in [3.63, 3.8) is 0 Å². The number of hydrogen-bond donors (Lipinski definition) is 2. The fourth-order valence-electron chi connectivity index (χ4n) is 1.11. The molecule has 0 bridgehead atoms. The number of esters is 1. The zero-order valence-corrected chi connectivity index (χ0v) is 8.95. The Labute approximate surface area is 89.1 Å². The molecule has 0 aromatic rings. The van der Waals surface area contributed by atoms with Crippen LogP contribution in [0.5, 0.6) is 0 Å². The predicted octanol–water partition coefficient (Wildman–Crippen LogP) is -0.798. The Hall–Kier alpha value is -1.25. The van der Waals surface area contributed by atoms with Crippen LogP contribution in [0.4, 0.5) is 0 Å². The van der Waals surface area contributed by atoms with Crippen molar-refractivity contribution in [3.05, 3.63) is 0 Å². The van der Waals surface area contributed by atoms with Crippen molar-refractivity contribution in [2.45, 2.75) is 25.5 Å². The van der Waals surface area contributed by atoms with Gasteiger partial charge in [0.1, 0.15) is 19.3 Å². The molecule has 84 valence electrons. The number of carbonyl (C=O) groups is 1. The molecule has 5 heteroatoms. The zero-order chi connectivity index (χ0) is 11.5. The van der Waals surface area contributed by atoms with E-state index in [-0.39, 0.29) is 19.1 Å². The molecular formula is C10H16N2O3. The molecule has 1 aliphatic rings. The lowest BCUT2D eigenvalue weighted by atomic mass is 10.0. The molecule has 0 radical (unpaired) electrons. The van der Waals surface area contributed by atoms with Crippen LogP contribution in [0.25, 0.3) is 0 Å². The van der Waals surface area contributed by atoms with Gasteiger partial charge in [0, 0.05) is 6.04 Å². The van der Waals surface area contributed by atoms with Crippen molar-refractivity contribution in [1.82, 2.24) is 0 Å². The van der Waals surface area contributed by atoms with Crippen LogP contribution >= 0.6 is 0 Å². The molecular weight excluding hydrogens is 196 g/mol. The van der Waals surface area contributed by atoms with Crippen molar-refractivity contribution < 1.29 is 14.3 Å². The Balaban J connectivity index is 2.59. The van der Waals surface area contributed by atoms with E-state index in [1.807, 2.05) is 13.8 Å². The van der Waals surface area contributed by atoms with E-state index in [4.69, 9.17) is 20.9 Å². The summed E-state index contributed by atoms with van der Waals surface area (Å²) in [5.74, 6) is 2.19. The summed E-state index contributed by atoms with van der Waals surface area (Å²) in [7, 11) is 0. The Kier molecular flexibility index (Phi) is 3.56. The maximum absolute atomic E-state index is 11.6. The van der Waals surface area contributed by atoms with Crippen molar-refractivity contribution in [3.8, 4) is 12.0 Å². The van der Waals surface area contributed by atoms with Crippen LogP contribution in [0.3, 0.4) is 0 Å². The topological polar surface area (TPSA) is 87.6 Å². The molecule has 0 amide bonds. The van der Waals surface area contributed by atoms with Gasteiger partial charge in [-0.05, 0) is 11.8 Å². The fraction of sp³-hybridized carbons (Fsp3) is 0.700. The van der Waals surface area contributed by atoms with E-state index >= 15 is 0 Å². The second-order valence-electron chi connectivity index (χ2n) is 3.95. The first-order valence-electron chi connectivity index (χ1n) is 4.80. The smallest absolute Gasteiger partial charge is 0.324 e. The first kappa shape index (κ1) is 11.8. The first-order valence-corrected chi connectivity index (χ1v) is 4.80. The molecule has 0 saturated carbocycles. The van der Waals surface area contributed by atoms with Crippen molar-refractivity contribution >= 4 is 5.97 Å². The van der Waals surface area contributed by atoms with Gasteiger partial charge in [-0.15, -0.1) is 0 Å². The van der Waals surface area contributed by atoms with Gasteiger partial charge in [-0.2, -0.15) is 0 Å². The van der Waals surface area contributed by atoms with Crippen LogP contribution in [0, 0.1) is 17.9 Å². The molecule has 4 N–H and O–H groups in total. The van der Waals surface area contributed by atoms with E-state index in [2.05, 4.69) is 12.0 Å². The van der Waals surface area contributed by atoms with E-state index in [1.165, 1.54) is 0 Å². The summed E-state index contributed by atoms with van der Waals surface area (Å²) < 4.78 is 10.2. The Morgan fingerprint density at radius 2 is 2.13 bits per heavy atom. The van der Waals surface area contributed by atoms with Crippen LogP contribution in [-0.4, -0.2) is 30.8 Å². The summed E-state index contributed by atoms with van der Waals surface area (Å²) in [4.78, 5) is 11.6. The summed E-state index contributed by atoms with van der Waals surface area (Å²) in [5, 5.41) is 0. The van der Waals surface area contributed by atoms with Gasteiger partial charge in [0.05, 0.1) is 0 Å². The Morgan fingerprint density at radius 1 is 1.53 bits per heavy atom. The van der Waals surface area contributed by atoms with E-state index in [9.17, 15) is 4.79 Å². The van der Waals surface area contributed by atoms with Crippen LogP contribution in [0.1, 0.15) is 13.8 Å². The lowest BCUT2D eigenvalue weighted by Crippen LogP contribution is -2.54. The number of carbonyl (C=O) groups excluding carboxylic acids is 1. The summed E-state index contributed by atoms with van der Waals surface area (Å²) >= 11 is 0. The van der Waals surface area contributed by atoms with E-state index in [1.54, 1.807) is 0 Å². The molecule has 1 heterocycles. The summed E-state index contributed by atoms with van der Waals surface area (Å²) in [6.45, 7) is 4.22. The quantitative estimate of drug-likeness (QED) is 0.363. The van der Waals surface area contributed by atoms with Gasteiger partial charge in [-0.3, -0.25) is 4.79 Å². The largest absolute Gasteiger partial charge is 0.440 e. The van der Waals surface area contributed by atoms with Gasteiger partial charge in [0.15, 0.2) is 0 Å². The second kappa shape index (κ2) is 4.51. The first-order chi connectivity index (χ1) is 7.01. The van der Waals surface area contributed by atoms with Gasteiger partial charge in [-0.1, -0.05) is 13.8 Å². The number of hydrogen-bond acceptors (Lipinski definition) is 5. The Morgan fingerprint density at radius 3 is 2.47 bits per heavy atom. The molecule has 1 rings (SSSR count). The van der Waals surface area contributed by atoms with Gasteiger partial charge >= 0.3 is 5.97 Å². The molecule has 1 atom stereocenters. The highest BCUT2D eigenvalue weighted by Gasteiger charge is 2.42. The van der Waals surface area contributed by atoms with Gasteiger partial charge < -0.3 is 20.9 Å². The number of rotatable bonds is 3. The lowest BCUT2D eigenvalue weighted by Gasteiger charge is -2.36. The van der Waals surface area contributed by atoms with Crippen LogP contribution in [0.2, 0.25) is 0 Å². The zero-order valence-electron chi connectivity index (χ0n) is 8.95. The normalized spacial score (nSPS) is 19.7. The monoisotopic (exact) mass is 212 g/mol. The Bertz CT molecular complexity index is 300. The lowest BCUT2D eigenvalue weighted by molar-refractivity contribution is -0.194. The number of nitrogens with two attached hydrogens (primary N) is 2. The maximum Gasteiger partial charge on any atom is 0.324 e. The molecule has 0 aliphatic carbocycles. The average molecular weight is 212 g/mol. The highest BCUT2D eigenvalue weighted by atomic mass is 16.6. The molecule has 1 unspecified atom stereocenters. The minimum absolute atomic E-state index is 0.0291. The van der Waals surface area contributed by atoms with Crippen LogP contribution < -0.4 is 11.5 Å². The highest BCUT2D eigenvalue weighted by molar-refractivity contribution is 5.76. The minimum atomic E-state index is -0.877. The fourth-order valence-corrected chi connectivity index (χ4v) is 1.11. The van der Waals surface area contributed by atoms with E-state index < -0.39 is 17.6 Å². The molecule has 1 fully saturated rings. The molecule has 0 spiro atoms. The standard InChI is InChI=1S/C10H16N2O3/c1-7(2)8(12)9(13)15-10(3-4-11)5-14-6-10/h7-8H,5-6,11-12H2,1-2H3. The minimum Gasteiger partial charge on any atom is -0.440 e. The van der Waals surface area contributed by atoms with Gasteiger partial charge in [-0.25, -0.2) is 0 Å². The van der Waals surface area contributed by atoms with Gasteiger partial charge in [0.25, 0.3) is 0 Å². The summed E-state index contributed by atoms with van der Waals surface area (Å²) in [6, 6.07) is 1.60. The molecule has 1 saturated heterocycles. The third-order valence-corrected chi connectivity index (χ3v) is 2.26. The third kappa shape index (κ3) is 2.61. The van der Waals surface area contributed by atoms with Gasteiger partial charge in [0.2, 0.25) is 5.60 Å². The summed E-state index contributed by atoms with van der Waals surface area (Å²) in [6.07, 6.45) is 0. The van der Waals surface area contributed by atoms with E-state index in [0.29, 0.717) is 0 Å². The highest BCUT2D eigenvalue weighted by Crippen LogP contribution is 2.22. The van der Waals surface area contributed by atoms with Crippen molar-refractivity contribution in [1.29, 1.82) is 0 Å². The molecule has 1 aliphatic heterocycles. The van der Waals surface area contributed by atoms with Crippen molar-refractivity contribution in [2.24, 2.45) is 17.4 Å². The SMILES string of the molecule is CC(C)C(N)C(=O)OC1(C#CN)COC1. The molecule has 5 nitrogen and oxygen atoms in total. The predicted molar refractivity (Wildman–Crippen MR) is 54.4 cm³/mol.